The van der Waals surface area contributed by atoms with E-state index in [1.807, 2.05) is 0 Å². The third-order valence-corrected chi connectivity index (χ3v) is 4.59. The van der Waals surface area contributed by atoms with E-state index in [4.69, 9.17) is 0 Å². The van der Waals surface area contributed by atoms with Gasteiger partial charge in [-0.1, -0.05) is 6.07 Å². The van der Waals surface area contributed by atoms with E-state index in [1.54, 1.807) is 0 Å². The molecule has 3 nitrogen and oxygen atoms in total. The molecule has 2 heterocycles. The first-order valence-corrected chi connectivity index (χ1v) is 7.49. The monoisotopic (exact) mass is 255 g/mol. The van der Waals surface area contributed by atoms with Crippen LogP contribution in [0.25, 0.3) is 5.65 Å². The van der Waals surface area contributed by atoms with E-state index in [-0.39, 0.29) is 0 Å². The molecule has 0 radical (unpaired) electrons. The quantitative estimate of drug-likeness (QED) is 0.890. The number of hydrogen-bond donors (Lipinski definition) is 1. The van der Waals surface area contributed by atoms with E-state index in [2.05, 4.69) is 46.0 Å². The first-order valence-electron chi connectivity index (χ1n) is 7.49. The Morgan fingerprint density at radius 1 is 1.26 bits per heavy atom. The van der Waals surface area contributed by atoms with Crippen molar-refractivity contribution in [2.75, 3.05) is 0 Å². The zero-order valence-electron chi connectivity index (χ0n) is 11.5. The number of aryl methyl sites for hydroxylation is 1. The summed E-state index contributed by atoms with van der Waals surface area (Å²) in [7, 11) is 0. The molecule has 0 amide bonds. The molecule has 2 fully saturated rings. The van der Waals surface area contributed by atoms with E-state index in [0.717, 1.165) is 35.8 Å². The average molecular weight is 255 g/mol. The molecule has 0 atom stereocenters. The Balaban J connectivity index is 1.55. The molecule has 0 unspecified atom stereocenters. The highest BCUT2D eigenvalue weighted by Crippen LogP contribution is 2.44. The summed E-state index contributed by atoms with van der Waals surface area (Å²) in [6.07, 6.45) is 7.84. The Morgan fingerprint density at radius 2 is 2.00 bits per heavy atom. The van der Waals surface area contributed by atoms with Crippen LogP contribution in [0.3, 0.4) is 0 Å². The number of imidazole rings is 1. The molecule has 2 aromatic heterocycles. The lowest BCUT2D eigenvalue weighted by atomic mass is 10.1. The van der Waals surface area contributed by atoms with E-state index >= 15 is 0 Å². The highest BCUT2D eigenvalue weighted by Gasteiger charge is 2.41. The summed E-state index contributed by atoms with van der Waals surface area (Å²) < 4.78 is 2.22. The summed E-state index contributed by atoms with van der Waals surface area (Å²) in [6.45, 7) is 3.07. The summed E-state index contributed by atoms with van der Waals surface area (Å²) in [5.41, 5.74) is 3.54. The van der Waals surface area contributed by atoms with Gasteiger partial charge in [0.05, 0.1) is 11.4 Å². The van der Waals surface area contributed by atoms with Crippen LogP contribution in [0.2, 0.25) is 0 Å². The maximum Gasteiger partial charge on any atom is 0.137 e. The van der Waals surface area contributed by atoms with Crippen LogP contribution < -0.4 is 5.32 Å². The number of aromatic nitrogens is 2. The minimum Gasteiger partial charge on any atom is -0.308 e. The van der Waals surface area contributed by atoms with Crippen molar-refractivity contribution in [3.8, 4) is 0 Å². The molecule has 2 aliphatic carbocycles. The Labute approximate surface area is 114 Å². The van der Waals surface area contributed by atoms with Crippen LogP contribution in [0.4, 0.5) is 0 Å². The van der Waals surface area contributed by atoms with Gasteiger partial charge in [-0.05, 0) is 56.6 Å². The zero-order valence-corrected chi connectivity index (χ0v) is 11.5. The molecule has 3 heteroatoms. The fourth-order valence-corrected chi connectivity index (χ4v) is 3.22. The Morgan fingerprint density at radius 3 is 2.68 bits per heavy atom. The first-order chi connectivity index (χ1) is 9.33. The van der Waals surface area contributed by atoms with E-state index in [0.29, 0.717) is 0 Å². The smallest absolute Gasteiger partial charge is 0.137 e. The number of fused-ring (bicyclic) bond motifs is 1. The van der Waals surface area contributed by atoms with Crippen molar-refractivity contribution in [1.29, 1.82) is 0 Å². The van der Waals surface area contributed by atoms with E-state index < -0.39 is 0 Å². The molecule has 100 valence electrons. The number of pyridine rings is 1. The zero-order chi connectivity index (χ0) is 12.8. The van der Waals surface area contributed by atoms with Crippen molar-refractivity contribution in [1.82, 2.24) is 14.7 Å². The Hall–Kier alpha value is -1.35. The van der Waals surface area contributed by atoms with Crippen LogP contribution in [0.15, 0.2) is 24.4 Å². The average Bonchev–Trinajstić information content (AvgIpc) is 3.30. The van der Waals surface area contributed by atoms with Crippen molar-refractivity contribution >= 4 is 5.65 Å². The second kappa shape index (κ2) is 4.34. The third kappa shape index (κ3) is 2.16. The molecule has 0 spiro atoms. The highest BCUT2D eigenvalue weighted by molar-refractivity contribution is 5.42. The summed E-state index contributed by atoms with van der Waals surface area (Å²) in [4.78, 5) is 4.63. The van der Waals surface area contributed by atoms with Gasteiger partial charge >= 0.3 is 0 Å². The lowest BCUT2D eigenvalue weighted by Crippen LogP contribution is -2.33. The van der Waals surface area contributed by atoms with Gasteiger partial charge in [-0.15, -0.1) is 0 Å². The van der Waals surface area contributed by atoms with Gasteiger partial charge in [-0.25, -0.2) is 4.98 Å². The van der Waals surface area contributed by atoms with Crippen LogP contribution in [0.1, 0.15) is 37.1 Å². The lowest BCUT2D eigenvalue weighted by Gasteiger charge is -2.17. The van der Waals surface area contributed by atoms with Crippen LogP contribution in [-0.4, -0.2) is 15.4 Å². The molecule has 0 aliphatic heterocycles. The van der Waals surface area contributed by atoms with Crippen LogP contribution in [0.5, 0.6) is 0 Å². The molecular weight excluding hydrogens is 234 g/mol. The predicted molar refractivity (Wildman–Crippen MR) is 76.0 cm³/mol. The molecule has 2 saturated carbocycles. The topological polar surface area (TPSA) is 29.3 Å². The Bertz CT molecular complexity index is 581. The van der Waals surface area contributed by atoms with Gasteiger partial charge in [0.15, 0.2) is 0 Å². The molecule has 2 aromatic rings. The van der Waals surface area contributed by atoms with Crippen molar-refractivity contribution in [3.05, 3.63) is 35.8 Å². The van der Waals surface area contributed by atoms with Gasteiger partial charge in [0.1, 0.15) is 5.65 Å². The van der Waals surface area contributed by atoms with E-state index in [9.17, 15) is 0 Å². The number of rotatable bonds is 5. The minimum atomic E-state index is 0.758. The number of nitrogens with zero attached hydrogens (tertiary/aromatic N) is 2. The maximum absolute atomic E-state index is 4.63. The second-order valence-corrected chi connectivity index (χ2v) is 6.15. The normalized spacial score (nSPS) is 19.5. The van der Waals surface area contributed by atoms with Crippen molar-refractivity contribution in [2.45, 2.75) is 45.2 Å². The Kier molecular flexibility index (Phi) is 2.62. The summed E-state index contributed by atoms with van der Waals surface area (Å²) in [5, 5.41) is 3.82. The van der Waals surface area contributed by atoms with Gasteiger partial charge in [-0.3, -0.25) is 0 Å². The lowest BCUT2D eigenvalue weighted by molar-refractivity contribution is 0.412. The largest absolute Gasteiger partial charge is 0.308 e. The molecular formula is C16H21N3. The van der Waals surface area contributed by atoms with Gasteiger partial charge in [0, 0.05) is 18.8 Å². The maximum atomic E-state index is 4.63. The van der Waals surface area contributed by atoms with Gasteiger partial charge in [-0.2, -0.15) is 0 Å². The van der Waals surface area contributed by atoms with Crippen molar-refractivity contribution < 1.29 is 0 Å². The molecule has 2 aliphatic rings. The van der Waals surface area contributed by atoms with Crippen LogP contribution >= 0.6 is 0 Å². The summed E-state index contributed by atoms with van der Waals surface area (Å²) in [6, 6.07) is 6.97. The van der Waals surface area contributed by atoms with Crippen LogP contribution in [0, 0.1) is 18.8 Å². The SMILES string of the molecule is Cc1nc2ccccn2c1CNC(C1CC1)C1CC1. The molecule has 0 aromatic carbocycles. The van der Waals surface area contributed by atoms with Gasteiger partial charge < -0.3 is 9.72 Å². The third-order valence-electron chi connectivity index (χ3n) is 4.59. The molecule has 0 bridgehead atoms. The van der Waals surface area contributed by atoms with Crippen LogP contribution in [-0.2, 0) is 6.54 Å². The van der Waals surface area contributed by atoms with Crippen molar-refractivity contribution in [2.24, 2.45) is 11.8 Å². The summed E-state index contributed by atoms with van der Waals surface area (Å²) in [5.74, 6) is 1.90. The number of nitrogens with one attached hydrogen (secondary N) is 1. The molecule has 19 heavy (non-hydrogen) atoms. The predicted octanol–water partition coefficient (Wildman–Crippen LogP) is 2.92. The minimum absolute atomic E-state index is 0.758. The standard InChI is InChI=1S/C16H21N3/c1-11-14(19-9-3-2-4-15(19)18-11)10-17-16(12-5-6-12)13-7-8-13/h2-4,9,12-13,16-17H,5-8,10H2,1H3. The van der Waals surface area contributed by atoms with Crippen molar-refractivity contribution in [3.63, 3.8) is 0 Å². The van der Waals surface area contributed by atoms with E-state index in [1.165, 1.54) is 31.4 Å². The highest BCUT2D eigenvalue weighted by atomic mass is 15.1. The van der Waals surface area contributed by atoms with Gasteiger partial charge in [0.2, 0.25) is 0 Å². The first kappa shape index (κ1) is 11.5. The second-order valence-electron chi connectivity index (χ2n) is 6.15. The number of hydrogen-bond acceptors (Lipinski definition) is 2. The molecule has 4 rings (SSSR count). The fraction of sp³-hybridized carbons (Fsp3) is 0.562. The molecule has 1 N–H and O–H groups in total. The molecule has 0 saturated heterocycles. The summed E-state index contributed by atoms with van der Waals surface area (Å²) >= 11 is 0. The fourth-order valence-electron chi connectivity index (χ4n) is 3.22. The van der Waals surface area contributed by atoms with Gasteiger partial charge in [0.25, 0.3) is 0 Å².